The molecule has 0 aromatic heterocycles. The highest BCUT2D eigenvalue weighted by Crippen LogP contribution is 2.44. The first-order chi connectivity index (χ1) is 15.2. The Balaban J connectivity index is 0. The van der Waals surface area contributed by atoms with Gasteiger partial charge in [0.2, 0.25) is 0 Å². The Morgan fingerprint density at radius 2 is 0.909 bits per heavy atom. The molecule has 0 aromatic carbocycles. The summed E-state index contributed by atoms with van der Waals surface area (Å²) < 4.78 is 21.8. The van der Waals surface area contributed by atoms with Gasteiger partial charge >= 0.3 is 0 Å². The molecule has 0 heterocycles. The number of hydrogen-bond donors (Lipinski definition) is 0. The van der Waals surface area contributed by atoms with Crippen molar-refractivity contribution in [3.8, 4) is 0 Å². The lowest BCUT2D eigenvalue weighted by atomic mass is 9.64. The van der Waals surface area contributed by atoms with E-state index in [1.165, 1.54) is 38.5 Å². The predicted molar refractivity (Wildman–Crippen MR) is 144 cm³/mol. The van der Waals surface area contributed by atoms with Crippen LogP contribution in [0.4, 0.5) is 0 Å². The van der Waals surface area contributed by atoms with E-state index in [9.17, 15) is 0 Å². The van der Waals surface area contributed by atoms with Crippen LogP contribution >= 0.6 is 0 Å². The quantitative estimate of drug-likeness (QED) is 0.212. The second kappa shape index (κ2) is 17.3. The van der Waals surface area contributed by atoms with Gasteiger partial charge in [-0.05, 0) is 29.6 Å². The van der Waals surface area contributed by atoms with Crippen molar-refractivity contribution >= 4 is 0 Å². The molecule has 0 aliphatic rings. The molecule has 4 heteroatoms. The molecule has 33 heavy (non-hydrogen) atoms. The zero-order chi connectivity index (χ0) is 26.2. The van der Waals surface area contributed by atoms with E-state index in [0.29, 0.717) is 0 Å². The average molecular weight is 475 g/mol. The molecule has 0 atom stereocenters. The van der Waals surface area contributed by atoms with Crippen LogP contribution in [-0.4, -0.2) is 54.9 Å². The summed E-state index contributed by atoms with van der Waals surface area (Å²) in [5, 5.41) is 0. The number of rotatable bonds is 16. The molecular weight excluding hydrogens is 412 g/mol. The summed E-state index contributed by atoms with van der Waals surface area (Å²) in [4.78, 5) is 0. The van der Waals surface area contributed by atoms with Crippen molar-refractivity contribution in [1.82, 2.24) is 0 Å². The fourth-order valence-electron chi connectivity index (χ4n) is 4.55. The lowest BCUT2D eigenvalue weighted by Crippen LogP contribution is -2.43. The van der Waals surface area contributed by atoms with Crippen LogP contribution in [0.15, 0.2) is 0 Å². The lowest BCUT2D eigenvalue weighted by Gasteiger charge is -2.44. The molecule has 0 saturated heterocycles. The van der Waals surface area contributed by atoms with Gasteiger partial charge in [-0.1, -0.05) is 94.4 Å². The van der Waals surface area contributed by atoms with E-state index in [1.54, 1.807) is 28.4 Å². The molecule has 0 unspecified atom stereocenters. The van der Waals surface area contributed by atoms with Gasteiger partial charge in [0.1, 0.15) is 0 Å². The number of ether oxygens (including phenoxy) is 4. The third kappa shape index (κ3) is 12.9. The van der Waals surface area contributed by atoms with Crippen LogP contribution < -0.4 is 0 Å². The molecule has 0 aliphatic heterocycles. The van der Waals surface area contributed by atoms with Crippen LogP contribution in [0.25, 0.3) is 0 Å². The number of methoxy groups -OCH3 is 4. The summed E-state index contributed by atoms with van der Waals surface area (Å²) in [7, 11) is 7.15. The third-order valence-corrected chi connectivity index (χ3v) is 7.57. The minimum atomic E-state index is 0.126. The fraction of sp³-hybridized carbons (Fsp3) is 1.00. The molecule has 0 fully saturated rings. The normalized spacial score (nSPS) is 13.3. The number of unbranched alkanes of at least 4 members (excludes halogenated alkanes) is 3. The first kappa shape index (κ1) is 35.0. The van der Waals surface area contributed by atoms with Crippen molar-refractivity contribution in [1.29, 1.82) is 0 Å². The van der Waals surface area contributed by atoms with E-state index in [1.807, 2.05) is 0 Å². The van der Waals surface area contributed by atoms with Gasteiger partial charge in [0, 0.05) is 39.3 Å². The van der Waals surface area contributed by atoms with Crippen molar-refractivity contribution in [2.75, 3.05) is 54.9 Å². The Kier molecular flexibility index (Phi) is 18.3. The van der Waals surface area contributed by atoms with Gasteiger partial charge in [-0.25, -0.2) is 0 Å². The first-order valence-electron chi connectivity index (χ1n) is 13.2. The monoisotopic (exact) mass is 474 g/mol. The second-order valence-corrected chi connectivity index (χ2v) is 12.5. The van der Waals surface area contributed by atoms with Crippen LogP contribution in [0.3, 0.4) is 0 Å². The molecule has 0 radical (unpaired) electrons. The van der Waals surface area contributed by atoms with Crippen LogP contribution in [0.2, 0.25) is 0 Å². The standard InChI is InChI=1S/C15H32O2.C14H30O2/c1-7-8-9-10-11-15(12-16-5,13-17-6)14(2,3)4;1-12(2)8-9-14(10-15-6,11-16-7)13(3,4)5/h7-13H2,1-6H3;12H,8-11H2,1-7H3. The largest absolute Gasteiger partial charge is 0.384 e. The zero-order valence-corrected chi connectivity index (χ0v) is 25.0. The molecule has 0 bridgehead atoms. The highest BCUT2D eigenvalue weighted by molar-refractivity contribution is 4.91. The Morgan fingerprint density at radius 3 is 1.18 bits per heavy atom. The van der Waals surface area contributed by atoms with E-state index in [-0.39, 0.29) is 21.7 Å². The van der Waals surface area contributed by atoms with Gasteiger partial charge in [-0.15, -0.1) is 0 Å². The summed E-state index contributed by atoms with van der Waals surface area (Å²) in [5.41, 5.74) is 0.685. The van der Waals surface area contributed by atoms with Gasteiger partial charge in [-0.2, -0.15) is 0 Å². The Bertz CT molecular complexity index is 434. The van der Waals surface area contributed by atoms with E-state index < -0.39 is 0 Å². The van der Waals surface area contributed by atoms with Gasteiger partial charge < -0.3 is 18.9 Å². The molecule has 4 nitrogen and oxygen atoms in total. The van der Waals surface area contributed by atoms with Crippen molar-refractivity contribution in [3.63, 3.8) is 0 Å². The Labute approximate surface area is 208 Å². The summed E-state index contributed by atoms with van der Waals surface area (Å²) in [6.45, 7) is 23.7. The van der Waals surface area contributed by atoms with Gasteiger partial charge in [0.25, 0.3) is 0 Å². The predicted octanol–water partition coefficient (Wildman–Crippen LogP) is 8.03. The zero-order valence-electron chi connectivity index (χ0n) is 25.0. The Hall–Kier alpha value is -0.160. The first-order valence-corrected chi connectivity index (χ1v) is 13.2. The topological polar surface area (TPSA) is 36.9 Å². The lowest BCUT2D eigenvalue weighted by molar-refractivity contribution is -0.0683. The van der Waals surface area contributed by atoms with Crippen LogP contribution in [-0.2, 0) is 18.9 Å². The third-order valence-electron chi connectivity index (χ3n) is 7.57. The van der Waals surface area contributed by atoms with Crippen LogP contribution in [0.5, 0.6) is 0 Å². The van der Waals surface area contributed by atoms with Gasteiger partial charge in [-0.3, -0.25) is 0 Å². The minimum absolute atomic E-state index is 0.126. The summed E-state index contributed by atoms with van der Waals surface area (Å²) in [5.74, 6) is 0.732. The molecule has 0 rings (SSSR count). The second-order valence-electron chi connectivity index (χ2n) is 12.5. The van der Waals surface area contributed by atoms with Crippen LogP contribution in [0.1, 0.15) is 107 Å². The van der Waals surface area contributed by atoms with Crippen molar-refractivity contribution < 1.29 is 18.9 Å². The molecule has 0 aromatic rings. The molecule has 0 spiro atoms. The summed E-state index contributed by atoms with van der Waals surface area (Å²) in [6, 6.07) is 0. The number of hydrogen-bond acceptors (Lipinski definition) is 4. The van der Waals surface area contributed by atoms with E-state index in [0.717, 1.165) is 38.8 Å². The maximum absolute atomic E-state index is 5.46. The van der Waals surface area contributed by atoms with E-state index in [2.05, 4.69) is 62.3 Å². The molecule has 202 valence electrons. The molecule has 0 aliphatic carbocycles. The molecule has 0 amide bonds. The van der Waals surface area contributed by atoms with Gasteiger partial charge in [0.05, 0.1) is 26.4 Å². The van der Waals surface area contributed by atoms with Crippen molar-refractivity contribution in [3.05, 3.63) is 0 Å². The fourth-order valence-corrected chi connectivity index (χ4v) is 4.55. The van der Waals surface area contributed by atoms with Crippen molar-refractivity contribution in [2.45, 2.75) is 107 Å². The van der Waals surface area contributed by atoms with E-state index in [4.69, 9.17) is 18.9 Å². The van der Waals surface area contributed by atoms with Gasteiger partial charge in [0.15, 0.2) is 0 Å². The minimum Gasteiger partial charge on any atom is -0.384 e. The highest BCUT2D eigenvalue weighted by atomic mass is 16.5. The maximum atomic E-state index is 5.46. The SMILES string of the molecule is CCCCCCC(COC)(COC)C(C)(C)C.COCC(CCC(C)C)(COC)C(C)(C)C. The van der Waals surface area contributed by atoms with E-state index >= 15 is 0 Å². The maximum Gasteiger partial charge on any atom is 0.0545 e. The highest BCUT2D eigenvalue weighted by Gasteiger charge is 2.42. The average Bonchev–Trinajstić information content (AvgIpc) is 2.68. The Morgan fingerprint density at radius 1 is 0.545 bits per heavy atom. The summed E-state index contributed by atoms with van der Waals surface area (Å²) >= 11 is 0. The molecule has 0 N–H and O–H groups in total. The van der Waals surface area contributed by atoms with Crippen LogP contribution in [0, 0.1) is 27.6 Å². The summed E-state index contributed by atoms with van der Waals surface area (Å²) in [6.07, 6.45) is 8.80. The molecule has 0 saturated carbocycles. The van der Waals surface area contributed by atoms with Crippen molar-refractivity contribution in [2.24, 2.45) is 27.6 Å². The smallest absolute Gasteiger partial charge is 0.0545 e. The molecular formula is C29H62O4.